The Kier molecular flexibility index (Phi) is 7.36. The number of aromatic nitrogens is 1. The number of rotatable bonds is 8. The van der Waals surface area contributed by atoms with Gasteiger partial charge in [-0.2, -0.15) is 0 Å². The van der Waals surface area contributed by atoms with E-state index < -0.39 is 0 Å². The number of nitrogens with zero attached hydrogens (tertiary/aromatic N) is 2. The van der Waals surface area contributed by atoms with Crippen LogP contribution in [0, 0.1) is 5.92 Å². The Balaban J connectivity index is 1.59. The van der Waals surface area contributed by atoms with E-state index in [0.717, 1.165) is 38.0 Å². The fourth-order valence-electron chi connectivity index (χ4n) is 3.83. The largest absolute Gasteiger partial charge is 0.383 e. The van der Waals surface area contributed by atoms with Crippen LogP contribution in [0.25, 0.3) is 0 Å². The van der Waals surface area contributed by atoms with Gasteiger partial charge in [-0.15, -0.1) is 0 Å². The third-order valence-corrected chi connectivity index (χ3v) is 5.20. The Labute approximate surface area is 161 Å². The first-order chi connectivity index (χ1) is 13.3. The van der Waals surface area contributed by atoms with Gasteiger partial charge in [0.15, 0.2) is 0 Å². The van der Waals surface area contributed by atoms with Crippen molar-refractivity contribution >= 4 is 5.91 Å². The van der Waals surface area contributed by atoms with Gasteiger partial charge in [0.2, 0.25) is 5.91 Å². The molecular formula is C22H29N3O2. The topological polar surface area (TPSA) is 54.5 Å². The first-order valence-electron chi connectivity index (χ1n) is 9.72. The number of hydrogen-bond acceptors (Lipinski definition) is 4. The maximum Gasteiger partial charge on any atom is 0.224 e. The zero-order valence-electron chi connectivity index (χ0n) is 16.0. The second kappa shape index (κ2) is 10.2. The summed E-state index contributed by atoms with van der Waals surface area (Å²) in [5, 5.41) is 3.11. The van der Waals surface area contributed by atoms with E-state index >= 15 is 0 Å². The molecule has 1 aromatic heterocycles. The highest BCUT2D eigenvalue weighted by Crippen LogP contribution is 2.26. The van der Waals surface area contributed by atoms with Crippen molar-refractivity contribution in [1.82, 2.24) is 15.2 Å². The van der Waals surface area contributed by atoms with Crippen molar-refractivity contribution in [3.63, 3.8) is 0 Å². The van der Waals surface area contributed by atoms with Gasteiger partial charge in [0.1, 0.15) is 0 Å². The van der Waals surface area contributed by atoms with Crippen LogP contribution in [-0.4, -0.2) is 48.6 Å². The van der Waals surface area contributed by atoms with Gasteiger partial charge in [-0.1, -0.05) is 36.4 Å². The average molecular weight is 367 g/mol. The fourth-order valence-corrected chi connectivity index (χ4v) is 3.83. The van der Waals surface area contributed by atoms with Crippen LogP contribution in [0.1, 0.15) is 24.1 Å². The summed E-state index contributed by atoms with van der Waals surface area (Å²) in [5.41, 5.74) is 2.27. The van der Waals surface area contributed by atoms with Crippen LogP contribution in [0.2, 0.25) is 0 Å². The van der Waals surface area contributed by atoms with Crippen LogP contribution >= 0.6 is 0 Å². The lowest BCUT2D eigenvalue weighted by Gasteiger charge is -2.40. The quantitative estimate of drug-likeness (QED) is 0.779. The number of amides is 1. The molecular weight excluding hydrogens is 338 g/mol. The van der Waals surface area contributed by atoms with Gasteiger partial charge in [0, 0.05) is 44.6 Å². The molecule has 2 unspecified atom stereocenters. The van der Waals surface area contributed by atoms with E-state index in [4.69, 9.17) is 4.74 Å². The summed E-state index contributed by atoms with van der Waals surface area (Å²) >= 11 is 0. The molecule has 1 aliphatic heterocycles. The third kappa shape index (κ3) is 5.62. The van der Waals surface area contributed by atoms with Crippen molar-refractivity contribution < 1.29 is 9.53 Å². The zero-order valence-corrected chi connectivity index (χ0v) is 16.0. The van der Waals surface area contributed by atoms with Crippen LogP contribution in [0.3, 0.4) is 0 Å². The van der Waals surface area contributed by atoms with Crippen LogP contribution in [0.5, 0.6) is 0 Å². The second-order valence-electron chi connectivity index (χ2n) is 7.09. The second-order valence-corrected chi connectivity index (χ2v) is 7.09. The molecule has 2 aromatic rings. The molecule has 2 heterocycles. The zero-order chi connectivity index (χ0) is 18.9. The van der Waals surface area contributed by atoms with Crippen LogP contribution in [-0.2, 0) is 22.5 Å². The number of benzene rings is 1. The van der Waals surface area contributed by atoms with Crippen molar-refractivity contribution in [3.8, 4) is 0 Å². The molecule has 0 bridgehead atoms. The Morgan fingerprint density at radius 2 is 2.04 bits per heavy atom. The number of pyridine rings is 1. The number of hydrogen-bond donors (Lipinski definition) is 1. The molecule has 1 fully saturated rings. The van der Waals surface area contributed by atoms with Gasteiger partial charge in [-0.3, -0.25) is 14.7 Å². The average Bonchev–Trinajstić information content (AvgIpc) is 2.71. The summed E-state index contributed by atoms with van der Waals surface area (Å²) < 4.78 is 5.47. The van der Waals surface area contributed by atoms with Gasteiger partial charge in [-0.05, 0) is 37.1 Å². The molecule has 1 amide bonds. The molecule has 3 rings (SSSR count). The maximum absolute atomic E-state index is 12.9. The number of methoxy groups -OCH3 is 1. The number of carbonyl (C=O) groups is 1. The summed E-state index contributed by atoms with van der Waals surface area (Å²) in [7, 11) is 1.71. The maximum atomic E-state index is 12.9. The van der Waals surface area contributed by atoms with Gasteiger partial charge < -0.3 is 10.1 Å². The smallest absolute Gasteiger partial charge is 0.224 e. The number of likely N-dealkylation sites (tertiary alicyclic amines) is 1. The minimum atomic E-state index is -0.0360. The fraction of sp³-hybridized carbons (Fsp3) is 0.455. The highest BCUT2D eigenvalue weighted by atomic mass is 16.5. The van der Waals surface area contributed by atoms with Gasteiger partial charge in [0.25, 0.3) is 0 Å². The molecule has 1 saturated heterocycles. The van der Waals surface area contributed by atoms with Crippen molar-refractivity contribution in [1.29, 1.82) is 0 Å². The van der Waals surface area contributed by atoms with Gasteiger partial charge in [-0.25, -0.2) is 0 Å². The van der Waals surface area contributed by atoms with Crippen LogP contribution in [0.15, 0.2) is 54.7 Å². The summed E-state index contributed by atoms with van der Waals surface area (Å²) in [6.07, 6.45) is 4.48. The summed E-state index contributed by atoms with van der Waals surface area (Å²) in [6.45, 7) is 3.04. The lowest BCUT2D eigenvalue weighted by molar-refractivity contribution is -0.130. The highest BCUT2D eigenvalue weighted by Gasteiger charge is 2.35. The van der Waals surface area contributed by atoms with Gasteiger partial charge >= 0.3 is 0 Å². The standard InChI is InChI=1S/C22H29N3O2/c1-27-17-21-20(22(26)24-14-12-19-10-5-6-13-23-19)11-7-15-25(21)16-18-8-3-2-4-9-18/h2-6,8-10,13,20-21H,7,11-12,14-17H2,1H3,(H,24,26). The Bertz CT molecular complexity index is 693. The SMILES string of the molecule is COCC1C(C(=O)NCCc2ccccn2)CCCN1Cc1ccccc1. The molecule has 27 heavy (non-hydrogen) atoms. The Morgan fingerprint density at radius 3 is 2.78 bits per heavy atom. The van der Waals surface area contributed by atoms with Crippen molar-refractivity contribution in [3.05, 3.63) is 66.0 Å². The third-order valence-electron chi connectivity index (χ3n) is 5.20. The van der Waals surface area contributed by atoms with E-state index in [1.807, 2.05) is 24.3 Å². The van der Waals surface area contributed by atoms with E-state index in [1.54, 1.807) is 13.3 Å². The number of carbonyl (C=O) groups excluding carboxylic acids is 1. The van der Waals surface area contributed by atoms with E-state index in [1.165, 1.54) is 5.56 Å². The first kappa shape index (κ1) is 19.5. The predicted octanol–water partition coefficient (Wildman–Crippen LogP) is 2.67. The highest BCUT2D eigenvalue weighted by molar-refractivity contribution is 5.79. The minimum absolute atomic E-state index is 0.0360. The van der Waals surface area contributed by atoms with Crippen LogP contribution < -0.4 is 5.32 Å². The molecule has 5 heteroatoms. The monoisotopic (exact) mass is 367 g/mol. The lowest BCUT2D eigenvalue weighted by atomic mass is 9.88. The van der Waals surface area contributed by atoms with E-state index in [-0.39, 0.29) is 17.9 Å². The summed E-state index contributed by atoms with van der Waals surface area (Å²) in [4.78, 5) is 19.6. The molecule has 2 atom stereocenters. The van der Waals surface area contributed by atoms with Crippen molar-refractivity contribution in [2.45, 2.75) is 31.8 Å². The predicted molar refractivity (Wildman–Crippen MR) is 106 cm³/mol. The molecule has 1 aromatic carbocycles. The number of ether oxygens (including phenoxy) is 1. The lowest BCUT2D eigenvalue weighted by Crippen LogP contribution is -2.52. The van der Waals surface area contributed by atoms with E-state index in [9.17, 15) is 4.79 Å². The first-order valence-corrected chi connectivity index (χ1v) is 9.72. The molecule has 0 aliphatic carbocycles. The summed E-state index contributed by atoms with van der Waals surface area (Å²) in [6, 6.07) is 16.4. The normalized spacial score (nSPS) is 20.3. The van der Waals surface area contributed by atoms with Crippen molar-refractivity contribution in [2.24, 2.45) is 5.92 Å². The molecule has 5 nitrogen and oxygen atoms in total. The van der Waals surface area contributed by atoms with Gasteiger partial charge in [0.05, 0.1) is 12.5 Å². The van der Waals surface area contributed by atoms with E-state index in [0.29, 0.717) is 13.2 Å². The Morgan fingerprint density at radius 1 is 1.22 bits per heavy atom. The van der Waals surface area contributed by atoms with E-state index in [2.05, 4.69) is 39.5 Å². The molecule has 1 aliphatic rings. The Hall–Kier alpha value is -2.24. The van der Waals surface area contributed by atoms with Crippen molar-refractivity contribution in [2.75, 3.05) is 26.8 Å². The molecule has 144 valence electrons. The summed E-state index contributed by atoms with van der Waals surface area (Å²) in [5.74, 6) is 0.0943. The number of nitrogens with one attached hydrogen (secondary N) is 1. The number of piperidine rings is 1. The molecule has 0 spiro atoms. The molecule has 0 radical (unpaired) electrons. The minimum Gasteiger partial charge on any atom is -0.383 e. The molecule has 1 N–H and O–H groups in total. The van der Waals surface area contributed by atoms with Crippen LogP contribution in [0.4, 0.5) is 0 Å². The molecule has 0 saturated carbocycles.